The van der Waals surface area contributed by atoms with Crippen molar-refractivity contribution in [2.24, 2.45) is 29.6 Å². The van der Waals surface area contributed by atoms with E-state index in [-0.39, 0.29) is 5.91 Å². The van der Waals surface area contributed by atoms with Gasteiger partial charge in [-0.05, 0) is 67.5 Å². The van der Waals surface area contributed by atoms with Crippen LogP contribution in [0.2, 0.25) is 0 Å². The minimum atomic E-state index is -0.420. The Kier molecular flexibility index (Phi) is 6.04. The van der Waals surface area contributed by atoms with E-state index in [9.17, 15) is 4.79 Å². The van der Waals surface area contributed by atoms with E-state index < -0.39 is 5.54 Å². The van der Waals surface area contributed by atoms with Crippen LogP contribution in [-0.2, 0) is 11.3 Å². The number of fused-ring (bicyclic) bond motifs is 1. The van der Waals surface area contributed by atoms with Crippen molar-refractivity contribution in [1.82, 2.24) is 15.5 Å². The van der Waals surface area contributed by atoms with Gasteiger partial charge in [-0.25, -0.2) is 0 Å². The van der Waals surface area contributed by atoms with Crippen LogP contribution in [0, 0.1) is 29.6 Å². The van der Waals surface area contributed by atoms with Crippen molar-refractivity contribution in [3.05, 3.63) is 35.9 Å². The molecule has 4 heteroatoms. The topological polar surface area (TPSA) is 44.4 Å². The molecule has 3 heterocycles. The number of rotatable bonds is 7. The van der Waals surface area contributed by atoms with Gasteiger partial charge in [-0.3, -0.25) is 9.69 Å². The number of benzene rings is 1. The zero-order valence-corrected chi connectivity index (χ0v) is 18.7. The Morgan fingerprint density at radius 2 is 1.97 bits per heavy atom. The van der Waals surface area contributed by atoms with Crippen molar-refractivity contribution in [2.45, 2.75) is 65.1 Å². The van der Waals surface area contributed by atoms with Gasteiger partial charge in [-0.2, -0.15) is 0 Å². The Balaban J connectivity index is 1.63. The highest BCUT2D eigenvalue weighted by atomic mass is 16.2. The first-order valence-corrected chi connectivity index (χ1v) is 11.7. The fraction of sp³-hybridized carbons (Fsp3) is 0.720. The van der Waals surface area contributed by atoms with Crippen molar-refractivity contribution in [3.8, 4) is 0 Å². The van der Waals surface area contributed by atoms with Gasteiger partial charge in [0.2, 0.25) is 5.91 Å². The Morgan fingerprint density at radius 3 is 2.66 bits per heavy atom. The number of nitrogens with one attached hydrogen (secondary N) is 2. The molecule has 29 heavy (non-hydrogen) atoms. The first-order chi connectivity index (χ1) is 13.9. The second kappa shape index (κ2) is 8.39. The molecule has 3 aliphatic heterocycles. The molecular formula is C25H39N3O. The highest BCUT2D eigenvalue weighted by Gasteiger charge is 2.65. The second-order valence-corrected chi connectivity index (χ2v) is 10.5. The lowest BCUT2D eigenvalue weighted by molar-refractivity contribution is -0.162. The summed E-state index contributed by atoms with van der Waals surface area (Å²) >= 11 is 0. The van der Waals surface area contributed by atoms with E-state index in [1.54, 1.807) is 0 Å². The Bertz CT molecular complexity index is 703. The van der Waals surface area contributed by atoms with Gasteiger partial charge in [-0.15, -0.1) is 0 Å². The Labute approximate surface area is 176 Å². The van der Waals surface area contributed by atoms with Crippen LogP contribution in [-0.4, -0.2) is 42.0 Å². The van der Waals surface area contributed by atoms with E-state index in [4.69, 9.17) is 0 Å². The summed E-state index contributed by atoms with van der Waals surface area (Å²) in [7, 11) is 0. The Morgan fingerprint density at radius 1 is 1.21 bits per heavy atom. The molecule has 4 fully saturated rings. The summed E-state index contributed by atoms with van der Waals surface area (Å²) in [5, 5.41) is 7.16. The van der Waals surface area contributed by atoms with Gasteiger partial charge in [0, 0.05) is 19.1 Å². The Hall–Kier alpha value is -1.39. The van der Waals surface area contributed by atoms with Crippen molar-refractivity contribution >= 4 is 5.91 Å². The third-order valence-corrected chi connectivity index (χ3v) is 7.54. The standard InChI is InChI=1S/C25H39N3O/c1-17(2)12-22-20-13-21-10-11-28(16-18(3)4)23(22)25(21,27-15-20)24(29)26-14-19-8-6-5-7-9-19/h5-9,17-18,20-23,27H,10-16H2,1-4H3,(H,26,29)/t20-,21+,22+,23-,25-/m0/s1. The molecule has 0 aromatic heterocycles. The summed E-state index contributed by atoms with van der Waals surface area (Å²) in [5.74, 6) is 3.33. The maximum Gasteiger partial charge on any atom is 0.242 e. The lowest BCUT2D eigenvalue weighted by Crippen LogP contribution is -2.82. The molecule has 1 aromatic carbocycles. The van der Waals surface area contributed by atoms with Gasteiger partial charge in [0.15, 0.2) is 0 Å². The number of nitrogens with zero attached hydrogens (tertiary/aromatic N) is 1. The average Bonchev–Trinajstić information content (AvgIpc) is 2.70. The van der Waals surface area contributed by atoms with E-state index in [2.05, 4.69) is 55.4 Å². The molecule has 0 unspecified atom stereocenters. The summed E-state index contributed by atoms with van der Waals surface area (Å²) in [4.78, 5) is 16.5. The molecule has 160 valence electrons. The van der Waals surface area contributed by atoms with E-state index >= 15 is 0 Å². The van der Waals surface area contributed by atoms with E-state index in [1.807, 2.05) is 18.2 Å². The first-order valence-electron chi connectivity index (χ1n) is 11.7. The fourth-order valence-electron chi connectivity index (χ4n) is 6.58. The lowest BCUT2D eigenvalue weighted by Gasteiger charge is -2.65. The van der Waals surface area contributed by atoms with Crippen molar-refractivity contribution in [3.63, 3.8) is 0 Å². The van der Waals surface area contributed by atoms with Gasteiger partial charge in [0.05, 0.1) is 0 Å². The minimum absolute atomic E-state index is 0.233. The zero-order valence-electron chi connectivity index (χ0n) is 18.7. The SMILES string of the molecule is CC(C)C[C@@H]1[C@@H]2CN[C@@]3(C(=O)NCc4ccccc4)[C@H](CCN(CC(C)C)[C@@H]13)C2. The van der Waals surface area contributed by atoms with Gasteiger partial charge in [-0.1, -0.05) is 58.0 Å². The molecule has 4 bridgehead atoms. The summed E-state index contributed by atoms with van der Waals surface area (Å²) in [6.07, 6.45) is 3.58. The number of hydrogen-bond acceptors (Lipinski definition) is 3. The van der Waals surface area contributed by atoms with E-state index in [0.717, 1.165) is 26.1 Å². The van der Waals surface area contributed by atoms with Crippen LogP contribution in [0.25, 0.3) is 0 Å². The van der Waals surface area contributed by atoms with E-state index in [1.165, 1.54) is 18.4 Å². The maximum absolute atomic E-state index is 13.8. The summed E-state index contributed by atoms with van der Waals surface area (Å²) in [5.41, 5.74) is 0.751. The lowest BCUT2D eigenvalue weighted by atomic mass is 9.52. The zero-order chi connectivity index (χ0) is 20.6. The number of carbonyl (C=O) groups excluding carboxylic acids is 1. The summed E-state index contributed by atoms with van der Waals surface area (Å²) in [6, 6.07) is 10.6. The minimum Gasteiger partial charge on any atom is -0.350 e. The smallest absolute Gasteiger partial charge is 0.242 e. The molecule has 2 N–H and O–H groups in total. The molecule has 4 aliphatic rings. The van der Waals surface area contributed by atoms with Crippen LogP contribution in [0.3, 0.4) is 0 Å². The van der Waals surface area contributed by atoms with Gasteiger partial charge in [0.25, 0.3) is 0 Å². The molecule has 1 aliphatic carbocycles. The highest BCUT2D eigenvalue weighted by molar-refractivity contribution is 5.88. The van der Waals surface area contributed by atoms with Gasteiger partial charge >= 0.3 is 0 Å². The number of piperidine rings is 3. The van der Waals surface area contributed by atoms with Crippen LogP contribution in [0.5, 0.6) is 0 Å². The third kappa shape index (κ3) is 3.86. The number of likely N-dealkylation sites (tertiary alicyclic amines) is 1. The molecule has 1 aromatic rings. The molecule has 0 spiro atoms. The molecule has 1 amide bonds. The van der Waals surface area contributed by atoms with E-state index in [0.29, 0.717) is 42.2 Å². The molecule has 4 nitrogen and oxygen atoms in total. The quantitative estimate of drug-likeness (QED) is 0.738. The van der Waals surface area contributed by atoms with Gasteiger partial charge in [0.1, 0.15) is 5.54 Å². The molecular weight excluding hydrogens is 358 g/mol. The summed E-state index contributed by atoms with van der Waals surface area (Å²) < 4.78 is 0. The average molecular weight is 398 g/mol. The van der Waals surface area contributed by atoms with Crippen LogP contribution < -0.4 is 10.6 Å². The van der Waals surface area contributed by atoms with Crippen molar-refractivity contribution in [1.29, 1.82) is 0 Å². The molecule has 1 saturated carbocycles. The fourth-order valence-corrected chi connectivity index (χ4v) is 6.58. The largest absolute Gasteiger partial charge is 0.350 e. The van der Waals surface area contributed by atoms with Crippen LogP contribution in [0.15, 0.2) is 30.3 Å². The molecule has 3 saturated heterocycles. The van der Waals surface area contributed by atoms with Crippen LogP contribution in [0.1, 0.15) is 52.5 Å². The maximum atomic E-state index is 13.8. The predicted octanol–water partition coefficient (Wildman–Crippen LogP) is 3.67. The molecule has 5 atom stereocenters. The second-order valence-electron chi connectivity index (χ2n) is 10.5. The normalized spacial score (nSPS) is 34.0. The number of amides is 1. The summed E-state index contributed by atoms with van der Waals surface area (Å²) in [6.45, 7) is 13.1. The predicted molar refractivity (Wildman–Crippen MR) is 118 cm³/mol. The number of hydrogen-bond donors (Lipinski definition) is 2. The molecule has 0 radical (unpaired) electrons. The van der Waals surface area contributed by atoms with Gasteiger partial charge < -0.3 is 10.6 Å². The van der Waals surface area contributed by atoms with Crippen LogP contribution in [0.4, 0.5) is 0 Å². The van der Waals surface area contributed by atoms with Crippen molar-refractivity contribution in [2.75, 3.05) is 19.6 Å². The third-order valence-electron chi connectivity index (χ3n) is 7.54. The monoisotopic (exact) mass is 397 g/mol. The van der Waals surface area contributed by atoms with Crippen molar-refractivity contribution < 1.29 is 4.79 Å². The number of carbonyl (C=O) groups is 1. The van der Waals surface area contributed by atoms with Crippen LogP contribution >= 0.6 is 0 Å². The highest BCUT2D eigenvalue weighted by Crippen LogP contribution is 2.53. The first kappa shape index (κ1) is 20.9. The molecule has 5 rings (SSSR count).